The molecule has 7 nitrogen and oxygen atoms in total. The van der Waals surface area contributed by atoms with Crippen LogP contribution in [-0.2, 0) is 13.1 Å². The summed E-state index contributed by atoms with van der Waals surface area (Å²) in [7, 11) is 2.18. The minimum atomic E-state index is 0.468. The standard InChI is InChI=1S/C24H33N7/c1-4-26-24(27-13-12-20(2)30(3)18-21-8-6-5-7-9-21)29-17-22-10-11-23(28-16-22)31-15-14-25-19-31/h5-11,14-16,19-20H,4,12-13,17-18H2,1-3H3,(H2,26,27,29). The lowest BCUT2D eigenvalue weighted by Gasteiger charge is -2.25. The van der Waals surface area contributed by atoms with Gasteiger partial charge >= 0.3 is 0 Å². The number of benzene rings is 1. The molecule has 2 heterocycles. The van der Waals surface area contributed by atoms with Crippen LogP contribution in [0.25, 0.3) is 5.82 Å². The van der Waals surface area contributed by atoms with Gasteiger partial charge in [0.2, 0.25) is 0 Å². The Morgan fingerprint density at radius 2 is 1.97 bits per heavy atom. The zero-order valence-corrected chi connectivity index (χ0v) is 18.7. The normalized spacial score (nSPS) is 12.7. The van der Waals surface area contributed by atoms with Gasteiger partial charge in [-0.3, -0.25) is 9.47 Å². The number of aliphatic imine (C=N–C) groups is 1. The molecule has 0 aliphatic heterocycles. The molecular weight excluding hydrogens is 386 g/mol. The first-order valence-corrected chi connectivity index (χ1v) is 10.8. The fraction of sp³-hybridized carbons (Fsp3) is 0.375. The first kappa shape index (κ1) is 22.5. The van der Waals surface area contributed by atoms with Gasteiger partial charge in [0.05, 0.1) is 6.54 Å². The summed E-state index contributed by atoms with van der Waals surface area (Å²) < 4.78 is 1.88. The van der Waals surface area contributed by atoms with Crippen LogP contribution < -0.4 is 10.6 Å². The summed E-state index contributed by atoms with van der Waals surface area (Å²) in [6.07, 6.45) is 8.27. The number of nitrogens with one attached hydrogen (secondary N) is 2. The Hall–Kier alpha value is -3.19. The Morgan fingerprint density at radius 1 is 1.13 bits per heavy atom. The third kappa shape index (κ3) is 7.22. The first-order chi connectivity index (χ1) is 15.2. The third-order valence-corrected chi connectivity index (χ3v) is 5.22. The molecular formula is C24H33N7. The Kier molecular flexibility index (Phi) is 8.60. The van der Waals surface area contributed by atoms with Gasteiger partial charge in [-0.2, -0.15) is 0 Å². The van der Waals surface area contributed by atoms with E-state index in [4.69, 9.17) is 4.99 Å². The van der Waals surface area contributed by atoms with Gasteiger partial charge in [0.25, 0.3) is 0 Å². The number of pyridine rings is 1. The maximum absolute atomic E-state index is 4.71. The lowest BCUT2D eigenvalue weighted by molar-refractivity contribution is 0.238. The van der Waals surface area contributed by atoms with E-state index in [0.29, 0.717) is 12.6 Å². The van der Waals surface area contributed by atoms with Crippen LogP contribution in [0, 0.1) is 0 Å². The molecule has 2 aromatic heterocycles. The quantitative estimate of drug-likeness (QED) is 0.390. The molecule has 0 saturated heterocycles. The second-order valence-electron chi connectivity index (χ2n) is 7.65. The number of guanidine groups is 1. The number of imidazole rings is 1. The van der Waals surface area contributed by atoms with Crippen molar-refractivity contribution in [3.8, 4) is 5.82 Å². The molecule has 2 N–H and O–H groups in total. The highest BCUT2D eigenvalue weighted by Crippen LogP contribution is 2.08. The van der Waals surface area contributed by atoms with Gasteiger partial charge in [0.15, 0.2) is 5.96 Å². The van der Waals surface area contributed by atoms with Crippen molar-refractivity contribution in [2.75, 3.05) is 20.1 Å². The van der Waals surface area contributed by atoms with Crippen molar-refractivity contribution in [3.63, 3.8) is 0 Å². The summed E-state index contributed by atoms with van der Waals surface area (Å²) >= 11 is 0. The van der Waals surface area contributed by atoms with Gasteiger partial charge in [0, 0.05) is 44.3 Å². The molecule has 0 bridgehead atoms. The van der Waals surface area contributed by atoms with Crippen LogP contribution in [0.1, 0.15) is 31.4 Å². The molecule has 3 aromatic rings. The van der Waals surface area contributed by atoms with Gasteiger partial charge in [-0.15, -0.1) is 0 Å². The van der Waals surface area contributed by atoms with E-state index in [1.165, 1.54) is 5.56 Å². The lowest BCUT2D eigenvalue weighted by Crippen LogP contribution is -2.40. The molecule has 3 rings (SSSR count). The SMILES string of the molecule is CCNC(=NCc1ccc(-n2ccnc2)nc1)NCCC(C)N(C)Cc1ccccc1. The van der Waals surface area contributed by atoms with Gasteiger partial charge in [-0.05, 0) is 44.5 Å². The van der Waals surface area contributed by atoms with Gasteiger partial charge < -0.3 is 10.6 Å². The highest BCUT2D eigenvalue weighted by molar-refractivity contribution is 5.79. The van der Waals surface area contributed by atoms with Crippen LogP contribution in [0.15, 0.2) is 72.4 Å². The summed E-state index contributed by atoms with van der Waals surface area (Å²) in [5, 5.41) is 6.78. The third-order valence-electron chi connectivity index (χ3n) is 5.22. The van der Waals surface area contributed by atoms with E-state index in [0.717, 1.165) is 43.4 Å². The Morgan fingerprint density at radius 3 is 2.65 bits per heavy atom. The summed E-state index contributed by atoms with van der Waals surface area (Å²) in [5.74, 6) is 1.68. The Labute approximate surface area is 185 Å². The second-order valence-corrected chi connectivity index (χ2v) is 7.65. The highest BCUT2D eigenvalue weighted by Gasteiger charge is 2.10. The van der Waals surface area contributed by atoms with Gasteiger partial charge in [-0.25, -0.2) is 15.0 Å². The smallest absolute Gasteiger partial charge is 0.191 e. The van der Waals surface area contributed by atoms with Crippen LogP contribution >= 0.6 is 0 Å². The van der Waals surface area contributed by atoms with Crippen molar-refractivity contribution in [1.82, 2.24) is 30.1 Å². The number of hydrogen-bond acceptors (Lipinski definition) is 4. The van der Waals surface area contributed by atoms with E-state index >= 15 is 0 Å². The molecule has 7 heteroatoms. The molecule has 0 aliphatic carbocycles. The minimum absolute atomic E-state index is 0.468. The van der Waals surface area contributed by atoms with E-state index in [1.54, 1.807) is 12.5 Å². The van der Waals surface area contributed by atoms with Crippen LogP contribution in [0.3, 0.4) is 0 Å². The zero-order valence-electron chi connectivity index (χ0n) is 18.7. The molecule has 31 heavy (non-hydrogen) atoms. The molecule has 164 valence electrons. The van der Waals surface area contributed by atoms with Crippen LogP contribution in [-0.4, -0.2) is 51.6 Å². The number of nitrogens with zero attached hydrogens (tertiary/aromatic N) is 5. The average molecular weight is 420 g/mol. The topological polar surface area (TPSA) is 70.4 Å². The molecule has 0 aliphatic rings. The maximum Gasteiger partial charge on any atom is 0.191 e. The molecule has 1 unspecified atom stereocenters. The lowest BCUT2D eigenvalue weighted by atomic mass is 10.1. The van der Waals surface area contributed by atoms with E-state index in [1.807, 2.05) is 23.0 Å². The van der Waals surface area contributed by atoms with Crippen LogP contribution in [0.4, 0.5) is 0 Å². The zero-order chi connectivity index (χ0) is 21.9. The van der Waals surface area contributed by atoms with E-state index in [9.17, 15) is 0 Å². The van der Waals surface area contributed by atoms with E-state index < -0.39 is 0 Å². The summed E-state index contributed by atoms with van der Waals surface area (Å²) in [6.45, 7) is 7.57. The maximum atomic E-state index is 4.71. The molecule has 0 saturated carbocycles. The van der Waals surface area contributed by atoms with Crippen LogP contribution in [0.5, 0.6) is 0 Å². The molecule has 0 radical (unpaired) electrons. The van der Waals surface area contributed by atoms with Gasteiger partial charge in [0.1, 0.15) is 12.1 Å². The highest BCUT2D eigenvalue weighted by atomic mass is 15.2. The Balaban J connectivity index is 1.47. The number of hydrogen-bond donors (Lipinski definition) is 2. The van der Waals surface area contributed by atoms with Crippen molar-refractivity contribution < 1.29 is 0 Å². The fourth-order valence-electron chi connectivity index (χ4n) is 3.22. The molecule has 1 atom stereocenters. The van der Waals surface area contributed by atoms with E-state index in [2.05, 4.69) is 82.8 Å². The van der Waals surface area contributed by atoms with Crippen molar-refractivity contribution in [2.45, 2.75) is 39.4 Å². The first-order valence-electron chi connectivity index (χ1n) is 10.8. The van der Waals surface area contributed by atoms with Crippen molar-refractivity contribution in [3.05, 3.63) is 78.5 Å². The average Bonchev–Trinajstić information content (AvgIpc) is 3.33. The summed E-state index contributed by atoms with van der Waals surface area (Å²) in [4.78, 5) is 15.6. The van der Waals surface area contributed by atoms with Crippen LogP contribution in [0.2, 0.25) is 0 Å². The molecule has 0 fully saturated rings. The van der Waals surface area contributed by atoms with Crippen molar-refractivity contribution in [1.29, 1.82) is 0 Å². The fourth-order valence-corrected chi connectivity index (χ4v) is 3.22. The summed E-state index contributed by atoms with van der Waals surface area (Å²) in [6, 6.07) is 15.1. The van der Waals surface area contributed by atoms with Crippen molar-refractivity contribution in [2.24, 2.45) is 4.99 Å². The minimum Gasteiger partial charge on any atom is -0.357 e. The predicted molar refractivity (Wildman–Crippen MR) is 126 cm³/mol. The monoisotopic (exact) mass is 419 g/mol. The Bertz CT molecular complexity index is 905. The van der Waals surface area contributed by atoms with Crippen molar-refractivity contribution >= 4 is 5.96 Å². The molecule has 0 amide bonds. The van der Waals surface area contributed by atoms with E-state index in [-0.39, 0.29) is 0 Å². The second kappa shape index (κ2) is 11.9. The van der Waals surface area contributed by atoms with Gasteiger partial charge in [-0.1, -0.05) is 36.4 Å². The molecule has 1 aromatic carbocycles. The predicted octanol–water partition coefficient (Wildman–Crippen LogP) is 3.23. The summed E-state index contributed by atoms with van der Waals surface area (Å²) in [5.41, 5.74) is 2.41. The molecule has 0 spiro atoms. The number of aromatic nitrogens is 3. The largest absolute Gasteiger partial charge is 0.357 e. The number of rotatable bonds is 10.